The lowest BCUT2D eigenvalue weighted by atomic mass is 9.98. The molecule has 0 saturated heterocycles. The largest absolute Gasteiger partial charge is 0.454 e. The van der Waals surface area contributed by atoms with Crippen LogP contribution in [0.3, 0.4) is 0 Å². The van der Waals surface area contributed by atoms with E-state index in [0.717, 1.165) is 29.7 Å². The first-order valence-electron chi connectivity index (χ1n) is 5.80. The predicted molar refractivity (Wildman–Crippen MR) is 62.3 cm³/mol. The molecule has 0 unspecified atom stereocenters. The minimum atomic E-state index is -0.420. The summed E-state index contributed by atoms with van der Waals surface area (Å²) in [7, 11) is 1.64. The molecular weight excluding hydrogens is 234 g/mol. The number of aliphatic imine (C=N–C) groups is 1. The van der Waals surface area contributed by atoms with Crippen molar-refractivity contribution >= 4 is 6.08 Å². The highest BCUT2D eigenvalue weighted by Crippen LogP contribution is 2.52. The van der Waals surface area contributed by atoms with Gasteiger partial charge >= 0.3 is 0 Å². The highest BCUT2D eigenvalue weighted by Gasteiger charge is 2.47. The number of carbonyl (C=O) groups excluding carboxylic acids is 1. The lowest BCUT2D eigenvalue weighted by molar-refractivity contribution is 0.173. The fraction of sp³-hybridized carbons (Fsp3) is 0.462. The minimum Gasteiger partial charge on any atom is -0.454 e. The summed E-state index contributed by atoms with van der Waals surface area (Å²) in [5.74, 6) is 1.42. The lowest BCUT2D eigenvalue weighted by Crippen LogP contribution is -2.07. The number of fused-ring (bicyclic) bond motifs is 1. The molecule has 94 valence electrons. The van der Waals surface area contributed by atoms with Crippen LogP contribution in [-0.4, -0.2) is 20.0 Å². The van der Waals surface area contributed by atoms with E-state index < -0.39 is 5.54 Å². The van der Waals surface area contributed by atoms with Gasteiger partial charge in [0.25, 0.3) is 0 Å². The van der Waals surface area contributed by atoms with Gasteiger partial charge in [0.2, 0.25) is 12.9 Å². The van der Waals surface area contributed by atoms with Crippen molar-refractivity contribution in [3.63, 3.8) is 0 Å². The van der Waals surface area contributed by atoms with Crippen molar-refractivity contribution < 1.29 is 19.0 Å². The van der Waals surface area contributed by atoms with Crippen LogP contribution in [0.25, 0.3) is 0 Å². The number of hydrogen-bond acceptors (Lipinski definition) is 5. The fourth-order valence-corrected chi connectivity index (χ4v) is 2.34. The molecule has 0 aromatic heterocycles. The van der Waals surface area contributed by atoms with Gasteiger partial charge in [-0.25, -0.2) is 4.79 Å². The Labute approximate surface area is 104 Å². The van der Waals surface area contributed by atoms with Crippen LogP contribution in [0.4, 0.5) is 0 Å². The molecule has 5 nitrogen and oxygen atoms in total. The molecule has 1 heterocycles. The first kappa shape index (κ1) is 11.3. The third-order valence-corrected chi connectivity index (χ3v) is 3.38. The Balaban J connectivity index is 2.09. The van der Waals surface area contributed by atoms with E-state index in [2.05, 4.69) is 4.99 Å². The predicted octanol–water partition coefficient (Wildman–Crippen LogP) is 1.89. The van der Waals surface area contributed by atoms with Gasteiger partial charge < -0.3 is 14.2 Å². The quantitative estimate of drug-likeness (QED) is 0.602. The summed E-state index contributed by atoms with van der Waals surface area (Å²) >= 11 is 0. The van der Waals surface area contributed by atoms with Gasteiger partial charge in [0.05, 0.1) is 12.1 Å². The van der Waals surface area contributed by atoms with Gasteiger partial charge in [-0.3, -0.25) is 0 Å². The average Bonchev–Trinajstić information content (AvgIpc) is 3.00. The van der Waals surface area contributed by atoms with Crippen LogP contribution in [0.1, 0.15) is 24.0 Å². The second-order valence-electron chi connectivity index (χ2n) is 4.53. The Morgan fingerprint density at radius 2 is 2.11 bits per heavy atom. The van der Waals surface area contributed by atoms with Crippen LogP contribution >= 0.6 is 0 Å². The van der Waals surface area contributed by atoms with Crippen LogP contribution < -0.4 is 9.47 Å². The van der Waals surface area contributed by atoms with E-state index >= 15 is 0 Å². The first-order chi connectivity index (χ1) is 8.79. The zero-order valence-corrected chi connectivity index (χ0v) is 10.1. The van der Waals surface area contributed by atoms with E-state index in [1.807, 2.05) is 12.1 Å². The summed E-state index contributed by atoms with van der Waals surface area (Å²) in [5.41, 5.74) is 1.55. The summed E-state index contributed by atoms with van der Waals surface area (Å²) in [5, 5.41) is 0. The summed E-state index contributed by atoms with van der Waals surface area (Å²) in [6, 6.07) is 3.81. The first-order valence-corrected chi connectivity index (χ1v) is 5.80. The molecular formula is C13H13NO4. The molecule has 1 aromatic rings. The van der Waals surface area contributed by atoms with Gasteiger partial charge in [0, 0.05) is 7.11 Å². The van der Waals surface area contributed by atoms with Crippen molar-refractivity contribution in [1.29, 1.82) is 0 Å². The minimum absolute atomic E-state index is 0.231. The van der Waals surface area contributed by atoms with Gasteiger partial charge in [-0.15, -0.1) is 0 Å². The number of isocyanates is 1. The smallest absolute Gasteiger partial charge is 0.235 e. The number of hydrogen-bond donors (Lipinski definition) is 0. The Bertz CT molecular complexity index is 530. The highest BCUT2D eigenvalue weighted by molar-refractivity contribution is 5.53. The maximum Gasteiger partial charge on any atom is 0.235 e. The molecule has 1 saturated carbocycles. The van der Waals surface area contributed by atoms with Crippen molar-refractivity contribution in [1.82, 2.24) is 0 Å². The summed E-state index contributed by atoms with van der Waals surface area (Å²) in [4.78, 5) is 14.5. The number of benzene rings is 1. The maximum atomic E-state index is 10.6. The van der Waals surface area contributed by atoms with E-state index in [1.165, 1.54) is 0 Å². The topological polar surface area (TPSA) is 57.1 Å². The molecule has 5 heteroatoms. The molecule has 1 fully saturated rings. The van der Waals surface area contributed by atoms with Crippen LogP contribution in [0.2, 0.25) is 0 Å². The van der Waals surface area contributed by atoms with Crippen molar-refractivity contribution in [2.75, 3.05) is 13.9 Å². The second-order valence-corrected chi connectivity index (χ2v) is 4.53. The molecule has 3 rings (SSSR count). The van der Waals surface area contributed by atoms with Gasteiger partial charge in [-0.05, 0) is 36.1 Å². The maximum absolute atomic E-state index is 10.6. The molecule has 18 heavy (non-hydrogen) atoms. The van der Waals surface area contributed by atoms with E-state index in [0.29, 0.717) is 12.4 Å². The third kappa shape index (κ3) is 1.68. The standard InChI is InChI=1S/C13H13NO4/c1-16-6-9-4-11-12(18-8-17-11)5-10(9)13(2-3-13)14-7-15/h4-5H,2-3,6,8H2,1H3. The van der Waals surface area contributed by atoms with Gasteiger partial charge in [-0.2, -0.15) is 4.99 Å². The van der Waals surface area contributed by atoms with Crippen LogP contribution in [-0.2, 0) is 21.7 Å². The molecule has 0 bridgehead atoms. The van der Waals surface area contributed by atoms with Crippen molar-refractivity contribution in [2.45, 2.75) is 25.0 Å². The van der Waals surface area contributed by atoms with E-state index in [-0.39, 0.29) is 6.79 Å². The van der Waals surface area contributed by atoms with Gasteiger partial charge in [0.15, 0.2) is 11.5 Å². The van der Waals surface area contributed by atoms with Crippen LogP contribution in [0.5, 0.6) is 11.5 Å². The molecule has 2 aliphatic rings. The molecule has 1 aromatic carbocycles. The van der Waals surface area contributed by atoms with Crippen molar-refractivity contribution in [3.05, 3.63) is 23.3 Å². The molecule has 0 atom stereocenters. The van der Waals surface area contributed by atoms with Crippen molar-refractivity contribution in [3.8, 4) is 11.5 Å². The van der Waals surface area contributed by atoms with Crippen molar-refractivity contribution in [2.24, 2.45) is 4.99 Å². The Morgan fingerprint density at radius 1 is 1.39 bits per heavy atom. The molecule has 0 radical (unpaired) electrons. The zero-order valence-electron chi connectivity index (χ0n) is 10.1. The lowest BCUT2D eigenvalue weighted by Gasteiger charge is -2.15. The van der Waals surface area contributed by atoms with Gasteiger partial charge in [-0.1, -0.05) is 0 Å². The van der Waals surface area contributed by atoms with Crippen LogP contribution in [0, 0.1) is 0 Å². The summed E-state index contributed by atoms with van der Waals surface area (Å²) in [6.07, 6.45) is 3.39. The Kier molecular flexibility index (Phi) is 2.58. The number of ether oxygens (including phenoxy) is 3. The molecule has 0 amide bonds. The molecule has 1 aliphatic carbocycles. The Hall–Kier alpha value is -1.84. The van der Waals surface area contributed by atoms with E-state index in [4.69, 9.17) is 14.2 Å². The van der Waals surface area contributed by atoms with E-state index in [9.17, 15) is 4.79 Å². The number of rotatable bonds is 4. The second kappa shape index (κ2) is 4.12. The average molecular weight is 247 g/mol. The summed E-state index contributed by atoms with van der Waals surface area (Å²) in [6.45, 7) is 0.692. The van der Waals surface area contributed by atoms with E-state index in [1.54, 1.807) is 13.2 Å². The molecule has 1 aliphatic heterocycles. The monoisotopic (exact) mass is 247 g/mol. The fourth-order valence-electron chi connectivity index (χ4n) is 2.34. The number of nitrogens with zero attached hydrogens (tertiary/aromatic N) is 1. The molecule has 0 spiro atoms. The Morgan fingerprint density at radius 3 is 2.72 bits per heavy atom. The van der Waals surface area contributed by atoms with Gasteiger partial charge in [0.1, 0.15) is 0 Å². The SMILES string of the molecule is COCc1cc2c(cc1C1(N=C=O)CC1)OCO2. The normalized spacial score (nSPS) is 18.3. The van der Waals surface area contributed by atoms with Crippen LogP contribution in [0.15, 0.2) is 17.1 Å². The number of methoxy groups -OCH3 is 1. The third-order valence-electron chi connectivity index (χ3n) is 3.38. The summed E-state index contributed by atoms with van der Waals surface area (Å²) < 4.78 is 15.9. The highest BCUT2D eigenvalue weighted by atomic mass is 16.7. The zero-order chi connectivity index (χ0) is 12.6. The molecule has 0 N–H and O–H groups in total.